The zero-order chi connectivity index (χ0) is 60.8. The molecule has 84 heavy (non-hydrogen) atoms. The average molecular weight is 1160 g/mol. The van der Waals surface area contributed by atoms with Crippen molar-refractivity contribution in [1.29, 1.82) is 0 Å². The summed E-state index contributed by atoms with van der Waals surface area (Å²) in [6.45, 7) is 16.0. The molecule has 2 fully saturated rings. The van der Waals surface area contributed by atoms with Crippen LogP contribution in [0.2, 0.25) is 0 Å². The number of hydrogen-bond donors (Lipinski definition) is 2. The van der Waals surface area contributed by atoms with E-state index >= 15 is 0 Å². The highest BCUT2D eigenvalue weighted by molar-refractivity contribution is 6.01. The van der Waals surface area contributed by atoms with E-state index in [1.165, 1.54) is 40.5 Å². The van der Waals surface area contributed by atoms with Crippen molar-refractivity contribution >= 4 is 23.1 Å². The fraction of sp³-hybridized carbons (Fsp3) is 0.387. The second-order valence-electron chi connectivity index (χ2n) is 22.5. The lowest BCUT2D eigenvalue weighted by Crippen LogP contribution is -2.57. The van der Waals surface area contributed by atoms with Gasteiger partial charge in [0.05, 0.1) is 61.3 Å². The number of methoxy groups -OCH3 is 2. The molecule has 6 heterocycles. The molecule has 2 saturated heterocycles. The number of nitrogens with zero attached hydrogens (tertiary/aromatic N) is 10. The smallest absolute Gasteiger partial charge is 0.433 e. The van der Waals surface area contributed by atoms with Crippen LogP contribution >= 0.6 is 0 Å². The Balaban J connectivity index is 0.000000202. The third-order valence-electron chi connectivity index (χ3n) is 15.6. The number of alkyl halides is 6. The highest BCUT2D eigenvalue weighted by Gasteiger charge is 2.44. The molecule has 2 N–H and O–H groups in total. The van der Waals surface area contributed by atoms with Gasteiger partial charge in [-0.1, -0.05) is 60.7 Å². The van der Waals surface area contributed by atoms with Crippen LogP contribution in [0.4, 0.5) is 26.3 Å². The van der Waals surface area contributed by atoms with E-state index in [4.69, 9.17) is 9.47 Å². The third kappa shape index (κ3) is 12.2. The number of halogens is 6. The lowest BCUT2D eigenvalue weighted by Gasteiger charge is -2.46. The van der Waals surface area contributed by atoms with Crippen molar-refractivity contribution in [1.82, 2.24) is 48.8 Å². The van der Waals surface area contributed by atoms with E-state index < -0.39 is 46.8 Å². The van der Waals surface area contributed by atoms with E-state index in [0.29, 0.717) is 61.9 Å². The standard InChI is InChI=1S/2C31H34F3N5O3/c2*1-19-18-37(27(30(3,4)41)22-9-7-6-8-10-22)15-16-38(19)29(40)24-17-35-39-26(31(32,33)34)20(2)25(36-28(24)39)21-11-13-23(42-5)14-12-21/h2*6-14,17,19,27,41H,15-16,18H2,1-5H3/t19-,27+;19-,27-/m11/s1. The van der Waals surface area contributed by atoms with Crippen molar-refractivity contribution in [3.8, 4) is 34.0 Å². The lowest BCUT2D eigenvalue weighted by molar-refractivity contribution is -0.144. The van der Waals surface area contributed by atoms with Gasteiger partial charge < -0.3 is 29.5 Å². The van der Waals surface area contributed by atoms with Gasteiger partial charge in [0, 0.05) is 73.6 Å². The summed E-state index contributed by atoms with van der Waals surface area (Å²) in [5.41, 5.74) is -1.50. The predicted octanol–water partition coefficient (Wildman–Crippen LogP) is 10.8. The number of benzene rings is 4. The molecule has 4 atom stereocenters. The Bertz CT molecular complexity index is 3400. The summed E-state index contributed by atoms with van der Waals surface area (Å²) >= 11 is 0. The molecule has 8 aromatic rings. The zero-order valence-corrected chi connectivity index (χ0v) is 48.4. The molecule has 10 rings (SSSR count). The molecule has 0 aliphatic carbocycles. The van der Waals surface area contributed by atoms with Gasteiger partial charge in [-0.15, -0.1) is 0 Å². The van der Waals surface area contributed by atoms with E-state index in [1.54, 1.807) is 86.0 Å². The second kappa shape index (κ2) is 23.6. The fourth-order valence-electron chi connectivity index (χ4n) is 11.9. The van der Waals surface area contributed by atoms with Crippen LogP contribution in [0.1, 0.15) is 108 Å². The molecule has 4 aromatic carbocycles. The van der Waals surface area contributed by atoms with Crippen LogP contribution in [-0.2, 0) is 12.4 Å². The van der Waals surface area contributed by atoms with Gasteiger partial charge in [0.15, 0.2) is 22.7 Å². The summed E-state index contributed by atoms with van der Waals surface area (Å²) in [5, 5.41) is 30.0. The minimum atomic E-state index is -4.73. The number of hydrogen-bond acceptors (Lipinski definition) is 12. The number of carbonyl (C=O) groups is 2. The molecule has 2 aliphatic rings. The van der Waals surface area contributed by atoms with E-state index in [0.717, 1.165) is 20.2 Å². The van der Waals surface area contributed by atoms with E-state index in [1.807, 2.05) is 74.5 Å². The first-order valence-electron chi connectivity index (χ1n) is 27.5. The quantitative estimate of drug-likeness (QED) is 0.111. The van der Waals surface area contributed by atoms with Gasteiger partial charge in [0.1, 0.15) is 22.6 Å². The molecule has 4 aromatic heterocycles. The molecular formula is C62H68F6N10O6. The van der Waals surface area contributed by atoms with E-state index in [9.17, 15) is 46.1 Å². The molecule has 22 heteroatoms. The Kier molecular flexibility index (Phi) is 17.1. The largest absolute Gasteiger partial charge is 0.497 e. The molecule has 444 valence electrons. The number of ether oxygens (including phenoxy) is 2. The Hall–Kier alpha value is -7.92. The summed E-state index contributed by atoms with van der Waals surface area (Å²) < 4.78 is 97.9. The normalized spacial score (nSPS) is 17.5. The third-order valence-corrected chi connectivity index (χ3v) is 15.6. The maximum atomic E-state index is 14.3. The number of carbonyl (C=O) groups excluding carboxylic acids is 2. The van der Waals surface area contributed by atoms with E-state index in [-0.39, 0.29) is 69.1 Å². The maximum Gasteiger partial charge on any atom is 0.433 e. The fourth-order valence-corrected chi connectivity index (χ4v) is 11.9. The summed E-state index contributed by atoms with van der Waals surface area (Å²) in [6.07, 6.45) is -7.14. The van der Waals surface area contributed by atoms with Gasteiger partial charge in [-0.25, -0.2) is 19.0 Å². The molecule has 0 bridgehead atoms. The summed E-state index contributed by atoms with van der Waals surface area (Å²) in [4.78, 5) is 44.4. The first kappa shape index (κ1) is 60.7. The highest BCUT2D eigenvalue weighted by atomic mass is 19.4. The van der Waals surface area contributed by atoms with Crippen molar-refractivity contribution in [2.45, 2.75) is 103 Å². The lowest BCUT2D eigenvalue weighted by atomic mass is 9.89. The van der Waals surface area contributed by atoms with Gasteiger partial charge in [-0.2, -0.15) is 36.5 Å². The minimum Gasteiger partial charge on any atom is -0.497 e. The first-order valence-corrected chi connectivity index (χ1v) is 27.5. The first-order chi connectivity index (χ1) is 39.6. The second-order valence-corrected chi connectivity index (χ2v) is 22.5. The van der Waals surface area contributed by atoms with Gasteiger partial charge in [0.2, 0.25) is 0 Å². The Morgan fingerprint density at radius 3 is 1.15 bits per heavy atom. The van der Waals surface area contributed by atoms with E-state index in [2.05, 4.69) is 30.0 Å². The van der Waals surface area contributed by atoms with Crippen molar-refractivity contribution < 1.29 is 55.6 Å². The zero-order valence-electron chi connectivity index (χ0n) is 48.4. The Labute approximate surface area is 482 Å². The van der Waals surface area contributed by atoms with Crippen LogP contribution in [0.25, 0.3) is 33.8 Å². The van der Waals surface area contributed by atoms with Crippen molar-refractivity contribution in [3.63, 3.8) is 0 Å². The Morgan fingerprint density at radius 1 is 0.536 bits per heavy atom. The number of rotatable bonds is 12. The molecular weight excluding hydrogens is 1090 g/mol. The molecule has 2 amide bonds. The van der Waals surface area contributed by atoms with Crippen LogP contribution in [0.5, 0.6) is 11.5 Å². The molecule has 0 radical (unpaired) electrons. The summed E-state index contributed by atoms with van der Waals surface area (Å²) in [7, 11) is 3.01. The van der Waals surface area contributed by atoms with Crippen LogP contribution in [0.3, 0.4) is 0 Å². The van der Waals surface area contributed by atoms with Gasteiger partial charge >= 0.3 is 12.4 Å². The monoisotopic (exact) mass is 1160 g/mol. The van der Waals surface area contributed by atoms with Gasteiger partial charge in [-0.05, 0) is 115 Å². The molecule has 0 unspecified atom stereocenters. The Morgan fingerprint density at radius 2 is 0.869 bits per heavy atom. The van der Waals surface area contributed by atoms with Crippen LogP contribution < -0.4 is 9.47 Å². The summed E-state index contributed by atoms with van der Waals surface area (Å²) in [6, 6.07) is 31.3. The number of aromatic nitrogens is 6. The number of amides is 2. The van der Waals surface area contributed by atoms with Crippen molar-refractivity contribution in [3.05, 3.63) is 166 Å². The van der Waals surface area contributed by atoms with Crippen molar-refractivity contribution in [2.75, 3.05) is 53.5 Å². The minimum absolute atomic E-state index is 0.00217. The van der Waals surface area contributed by atoms with Crippen LogP contribution in [-0.4, -0.2) is 148 Å². The number of aliphatic hydroxyl groups is 2. The van der Waals surface area contributed by atoms with Crippen LogP contribution in [0.15, 0.2) is 122 Å². The molecule has 2 aliphatic heterocycles. The van der Waals surface area contributed by atoms with Crippen LogP contribution in [0, 0.1) is 13.8 Å². The number of fused-ring (bicyclic) bond motifs is 2. The van der Waals surface area contributed by atoms with Gasteiger partial charge in [0.25, 0.3) is 11.8 Å². The molecule has 16 nitrogen and oxygen atoms in total. The topological polar surface area (TPSA) is 166 Å². The number of piperazine rings is 2. The highest BCUT2D eigenvalue weighted by Crippen LogP contribution is 2.41. The van der Waals surface area contributed by atoms with Crippen molar-refractivity contribution in [2.24, 2.45) is 0 Å². The summed E-state index contributed by atoms with van der Waals surface area (Å²) in [5.74, 6) is 0.227. The average Bonchev–Trinajstić information content (AvgIpc) is 2.41. The molecule has 0 saturated carbocycles. The maximum absolute atomic E-state index is 14.3. The molecule has 0 spiro atoms. The van der Waals surface area contributed by atoms with Gasteiger partial charge in [-0.3, -0.25) is 19.4 Å². The predicted molar refractivity (Wildman–Crippen MR) is 305 cm³/mol. The SMILES string of the molecule is COc1ccc(-c2nc3c(C(=O)N4CCN([C@@H](c5ccccc5)C(C)(C)O)C[C@H]4C)cnn3c(C(F)(F)F)c2C)cc1.COc1ccc(-c2nc3c(C(=O)N4CCN([C@H](c5ccccc5)C(C)(C)O)C[C@H]4C)cnn3c(C(F)(F)F)c2C)cc1.